The second kappa shape index (κ2) is 5.29. The molecule has 3 nitrogen and oxygen atoms in total. The van der Waals surface area contributed by atoms with Gasteiger partial charge in [-0.05, 0) is 24.8 Å². The Hall–Kier alpha value is -1.64. The molecule has 0 aliphatic rings. The molecule has 15 heavy (non-hydrogen) atoms. The van der Waals surface area contributed by atoms with Gasteiger partial charge in [0.2, 0.25) is 0 Å². The highest BCUT2D eigenvalue weighted by atomic mass is 16.4. The van der Waals surface area contributed by atoms with E-state index < -0.39 is 5.97 Å². The first-order valence-electron chi connectivity index (χ1n) is 4.84. The molecule has 1 aromatic carbocycles. The van der Waals surface area contributed by atoms with Crippen LogP contribution in [0.2, 0.25) is 0 Å². The lowest BCUT2D eigenvalue weighted by molar-refractivity contribution is -0.306. The van der Waals surface area contributed by atoms with Crippen LogP contribution in [0.25, 0.3) is 0 Å². The van der Waals surface area contributed by atoms with Gasteiger partial charge >= 0.3 is 0 Å². The van der Waals surface area contributed by atoms with Gasteiger partial charge < -0.3 is 14.7 Å². The number of hydrogen-bond donors (Lipinski definition) is 0. The Morgan fingerprint density at radius 1 is 1.20 bits per heavy atom. The van der Waals surface area contributed by atoms with Gasteiger partial charge in [-0.2, -0.15) is 0 Å². The maximum atomic E-state index is 11.0. The molecule has 0 radical (unpaired) electrons. The van der Waals surface area contributed by atoms with Gasteiger partial charge in [0, 0.05) is 12.4 Å². The zero-order chi connectivity index (χ0) is 11.3. The Bertz CT molecular complexity index is 327. The minimum atomic E-state index is -1.12. The lowest BCUT2D eigenvalue weighted by Crippen LogP contribution is -2.25. The number of carboxylic acids is 1. The summed E-state index contributed by atoms with van der Waals surface area (Å²) in [4.78, 5) is 21.5. The lowest BCUT2D eigenvalue weighted by Gasteiger charge is -2.16. The molecule has 0 bridgehead atoms. The van der Waals surface area contributed by atoms with E-state index in [0.29, 0.717) is 0 Å². The summed E-state index contributed by atoms with van der Waals surface area (Å²) in [6.45, 7) is 1.46. The molecule has 0 spiro atoms. The smallest absolute Gasteiger partial charge is 0.130 e. The van der Waals surface area contributed by atoms with Crippen molar-refractivity contribution in [2.45, 2.75) is 25.7 Å². The second-order valence-electron chi connectivity index (χ2n) is 3.59. The van der Waals surface area contributed by atoms with Crippen molar-refractivity contribution >= 4 is 11.8 Å². The van der Waals surface area contributed by atoms with Crippen molar-refractivity contribution in [3.63, 3.8) is 0 Å². The average molecular weight is 205 g/mol. The van der Waals surface area contributed by atoms with Crippen LogP contribution in [-0.4, -0.2) is 11.8 Å². The molecule has 0 aliphatic heterocycles. The van der Waals surface area contributed by atoms with Gasteiger partial charge in [0.1, 0.15) is 5.78 Å². The number of carboxylic acid groups (broad SMARTS) is 1. The maximum absolute atomic E-state index is 11.0. The van der Waals surface area contributed by atoms with E-state index in [1.165, 1.54) is 6.92 Å². The molecule has 0 saturated heterocycles. The molecule has 0 N–H and O–H groups in total. The first-order valence-corrected chi connectivity index (χ1v) is 4.84. The van der Waals surface area contributed by atoms with Crippen LogP contribution in [-0.2, 0) is 9.59 Å². The van der Waals surface area contributed by atoms with Crippen LogP contribution >= 0.6 is 0 Å². The molecule has 1 aromatic rings. The molecular formula is C12H13O3-. The topological polar surface area (TPSA) is 57.2 Å². The predicted molar refractivity (Wildman–Crippen MR) is 54.1 cm³/mol. The number of aliphatic carboxylic acids is 1. The Balaban J connectivity index is 2.81. The van der Waals surface area contributed by atoms with Crippen molar-refractivity contribution in [2.24, 2.45) is 0 Å². The number of rotatable bonds is 5. The number of ketones is 1. The monoisotopic (exact) mass is 205 g/mol. The summed E-state index contributed by atoms with van der Waals surface area (Å²) in [5, 5.41) is 10.5. The standard InChI is InChI=1S/C12H14O3/c1-9(13)7-11(8-12(14)15)10-5-3-2-4-6-10/h2-6,11H,7-8H2,1H3,(H,14,15)/p-1/t11-/m1/s1. The quantitative estimate of drug-likeness (QED) is 0.717. The summed E-state index contributed by atoms with van der Waals surface area (Å²) in [5.74, 6) is -1.40. The summed E-state index contributed by atoms with van der Waals surface area (Å²) in [5.41, 5.74) is 0.872. The molecule has 0 unspecified atom stereocenters. The van der Waals surface area contributed by atoms with E-state index in [1.807, 2.05) is 30.3 Å². The Morgan fingerprint density at radius 3 is 2.27 bits per heavy atom. The van der Waals surface area contributed by atoms with E-state index in [1.54, 1.807) is 0 Å². The first kappa shape index (κ1) is 11.4. The number of Topliss-reactive ketones (excluding diaryl/α,β-unsaturated/α-hetero) is 1. The molecular weight excluding hydrogens is 192 g/mol. The van der Waals surface area contributed by atoms with Crippen LogP contribution in [0.5, 0.6) is 0 Å². The van der Waals surface area contributed by atoms with E-state index in [0.717, 1.165) is 5.56 Å². The van der Waals surface area contributed by atoms with Gasteiger partial charge in [0.05, 0.1) is 0 Å². The normalized spacial score (nSPS) is 12.1. The van der Waals surface area contributed by atoms with Crippen molar-refractivity contribution in [1.82, 2.24) is 0 Å². The molecule has 0 saturated carbocycles. The summed E-state index contributed by atoms with van der Waals surface area (Å²) >= 11 is 0. The van der Waals surface area contributed by atoms with Gasteiger partial charge in [0.15, 0.2) is 0 Å². The largest absolute Gasteiger partial charge is 0.550 e. The van der Waals surface area contributed by atoms with Gasteiger partial charge in [-0.15, -0.1) is 0 Å². The van der Waals surface area contributed by atoms with Crippen LogP contribution in [0.4, 0.5) is 0 Å². The van der Waals surface area contributed by atoms with E-state index in [9.17, 15) is 14.7 Å². The van der Waals surface area contributed by atoms with Crippen molar-refractivity contribution in [3.8, 4) is 0 Å². The van der Waals surface area contributed by atoms with E-state index >= 15 is 0 Å². The van der Waals surface area contributed by atoms with Gasteiger partial charge in [0.25, 0.3) is 0 Å². The number of carbonyl (C=O) groups excluding carboxylic acids is 2. The van der Waals surface area contributed by atoms with Crippen LogP contribution in [0.3, 0.4) is 0 Å². The third-order valence-corrected chi connectivity index (χ3v) is 2.22. The molecule has 0 heterocycles. The highest BCUT2D eigenvalue weighted by Crippen LogP contribution is 2.22. The van der Waals surface area contributed by atoms with Crippen molar-refractivity contribution in [3.05, 3.63) is 35.9 Å². The van der Waals surface area contributed by atoms with Crippen molar-refractivity contribution < 1.29 is 14.7 Å². The number of benzene rings is 1. The maximum Gasteiger partial charge on any atom is 0.130 e. The van der Waals surface area contributed by atoms with E-state index in [-0.39, 0.29) is 24.5 Å². The van der Waals surface area contributed by atoms with Crippen LogP contribution in [0.15, 0.2) is 30.3 Å². The second-order valence-corrected chi connectivity index (χ2v) is 3.59. The fraction of sp³-hybridized carbons (Fsp3) is 0.333. The van der Waals surface area contributed by atoms with E-state index in [2.05, 4.69) is 0 Å². The number of carbonyl (C=O) groups is 2. The van der Waals surface area contributed by atoms with E-state index in [4.69, 9.17) is 0 Å². The fourth-order valence-electron chi connectivity index (χ4n) is 1.58. The molecule has 0 amide bonds. The molecule has 1 rings (SSSR count). The summed E-state index contributed by atoms with van der Waals surface area (Å²) in [6.07, 6.45) is 0.140. The first-order chi connectivity index (χ1) is 7.09. The molecule has 0 aliphatic carbocycles. The molecule has 0 aromatic heterocycles. The van der Waals surface area contributed by atoms with Crippen LogP contribution in [0.1, 0.15) is 31.2 Å². The summed E-state index contributed by atoms with van der Waals surface area (Å²) in [7, 11) is 0. The average Bonchev–Trinajstić information content (AvgIpc) is 2.17. The van der Waals surface area contributed by atoms with Gasteiger partial charge in [-0.1, -0.05) is 30.3 Å². The fourth-order valence-corrected chi connectivity index (χ4v) is 1.58. The van der Waals surface area contributed by atoms with Crippen LogP contribution in [0, 0.1) is 0 Å². The minimum absolute atomic E-state index is 0.00916. The third-order valence-electron chi connectivity index (χ3n) is 2.22. The Morgan fingerprint density at radius 2 is 1.80 bits per heavy atom. The van der Waals surface area contributed by atoms with Crippen molar-refractivity contribution in [2.75, 3.05) is 0 Å². The predicted octanol–water partition coefficient (Wildman–Crippen LogP) is 0.889. The minimum Gasteiger partial charge on any atom is -0.550 e. The molecule has 1 atom stereocenters. The Labute approximate surface area is 88.7 Å². The third kappa shape index (κ3) is 3.94. The van der Waals surface area contributed by atoms with Gasteiger partial charge in [-0.25, -0.2) is 0 Å². The molecule has 80 valence electrons. The summed E-state index contributed by atoms with van der Waals surface area (Å²) in [6, 6.07) is 9.18. The zero-order valence-electron chi connectivity index (χ0n) is 8.60. The zero-order valence-corrected chi connectivity index (χ0v) is 8.60. The van der Waals surface area contributed by atoms with Crippen molar-refractivity contribution in [1.29, 1.82) is 0 Å². The molecule has 3 heteroatoms. The SMILES string of the molecule is CC(=O)C[C@H](CC(=O)[O-])c1ccccc1. The molecule has 0 fully saturated rings. The Kier molecular flexibility index (Phi) is 4.03. The summed E-state index contributed by atoms with van der Waals surface area (Å²) < 4.78 is 0. The highest BCUT2D eigenvalue weighted by Gasteiger charge is 2.13. The lowest BCUT2D eigenvalue weighted by atomic mass is 9.91. The van der Waals surface area contributed by atoms with Gasteiger partial charge in [-0.3, -0.25) is 0 Å². The highest BCUT2D eigenvalue weighted by molar-refractivity contribution is 5.77. The van der Waals surface area contributed by atoms with Crippen LogP contribution < -0.4 is 5.11 Å². The number of hydrogen-bond acceptors (Lipinski definition) is 3.